The molecule has 0 bridgehead atoms. The van der Waals surface area contributed by atoms with Gasteiger partial charge in [0.2, 0.25) is 5.88 Å². The molecule has 2 rings (SSSR count). The Morgan fingerprint density at radius 3 is 2.61 bits per heavy atom. The van der Waals surface area contributed by atoms with Crippen LogP contribution in [0.4, 0.5) is 0 Å². The van der Waals surface area contributed by atoms with E-state index in [2.05, 4.69) is 4.98 Å². The third kappa shape index (κ3) is 2.56. The highest BCUT2D eigenvalue weighted by Crippen LogP contribution is 2.24. The van der Waals surface area contributed by atoms with E-state index < -0.39 is 0 Å². The minimum absolute atomic E-state index is 0.0538. The second kappa shape index (κ2) is 5.00. The first-order valence-electron chi connectivity index (χ1n) is 5.79. The molecule has 0 N–H and O–H groups in total. The predicted octanol–water partition coefficient (Wildman–Crippen LogP) is 3.69. The van der Waals surface area contributed by atoms with Gasteiger partial charge in [-0.2, -0.15) is 0 Å². The van der Waals surface area contributed by atoms with E-state index in [0.29, 0.717) is 17.2 Å². The van der Waals surface area contributed by atoms with Crippen LogP contribution in [0.1, 0.15) is 28.4 Å². The van der Waals surface area contributed by atoms with E-state index in [1.807, 2.05) is 32.0 Å². The van der Waals surface area contributed by atoms with Gasteiger partial charge >= 0.3 is 0 Å². The minimum atomic E-state index is -0.0538. The normalized spacial score (nSPS) is 10.2. The fourth-order valence-electron chi connectivity index (χ4n) is 1.63. The fourth-order valence-corrected chi connectivity index (χ4v) is 1.63. The molecule has 0 spiro atoms. The maximum Gasteiger partial charge on any atom is 0.230 e. The first kappa shape index (κ1) is 12.3. The van der Waals surface area contributed by atoms with E-state index in [4.69, 9.17) is 4.74 Å². The van der Waals surface area contributed by atoms with Gasteiger partial charge < -0.3 is 4.74 Å². The van der Waals surface area contributed by atoms with Crippen LogP contribution in [0, 0.1) is 13.8 Å². The van der Waals surface area contributed by atoms with E-state index in [1.165, 1.54) is 12.5 Å². The molecule has 1 aromatic carbocycles. The number of ketones is 1. The maximum atomic E-state index is 11.5. The van der Waals surface area contributed by atoms with Crippen LogP contribution in [0.5, 0.6) is 11.6 Å². The van der Waals surface area contributed by atoms with Crippen LogP contribution in [0.2, 0.25) is 0 Å². The van der Waals surface area contributed by atoms with Crippen LogP contribution in [-0.2, 0) is 0 Å². The number of carbonyl (C=O) groups is 1. The van der Waals surface area contributed by atoms with Crippen LogP contribution in [0.15, 0.2) is 36.5 Å². The molecule has 3 nitrogen and oxygen atoms in total. The quantitative estimate of drug-likeness (QED) is 0.769. The molecule has 0 atom stereocenters. The molecule has 92 valence electrons. The number of hydrogen-bond donors (Lipinski definition) is 0. The second-order valence-corrected chi connectivity index (χ2v) is 4.26. The summed E-state index contributed by atoms with van der Waals surface area (Å²) in [6.07, 6.45) is 1.61. The van der Waals surface area contributed by atoms with Gasteiger partial charge in [-0.3, -0.25) is 4.79 Å². The largest absolute Gasteiger partial charge is 0.438 e. The van der Waals surface area contributed by atoms with E-state index in [0.717, 1.165) is 5.56 Å². The number of ether oxygens (including phenoxy) is 1. The molecular formula is C15H15NO2. The zero-order valence-electron chi connectivity index (χ0n) is 10.7. The van der Waals surface area contributed by atoms with E-state index in [9.17, 15) is 4.79 Å². The lowest BCUT2D eigenvalue weighted by atomic mass is 10.1. The summed E-state index contributed by atoms with van der Waals surface area (Å²) in [6.45, 7) is 5.57. The Balaban J connectivity index is 2.34. The lowest BCUT2D eigenvalue weighted by molar-refractivity contribution is 0.101. The molecule has 3 heteroatoms. The summed E-state index contributed by atoms with van der Waals surface area (Å²) >= 11 is 0. The van der Waals surface area contributed by atoms with Crippen LogP contribution in [0.3, 0.4) is 0 Å². The first-order chi connectivity index (χ1) is 8.58. The monoisotopic (exact) mass is 241 g/mol. The summed E-state index contributed by atoms with van der Waals surface area (Å²) in [5.41, 5.74) is 2.85. The molecule has 2 aromatic rings. The van der Waals surface area contributed by atoms with Gasteiger partial charge in [0.1, 0.15) is 5.75 Å². The van der Waals surface area contributed by atoms with Crippen molar-refractivity contribution >= 4 is 5.78 Å². The summed E-state index contributed by atoms with van der Waals surface area (Å²) in [6, 6.07) is 9.24. The number of aryl methyl sites for hydroxylation is 2. The minimum Gasteiger partial charge on any atom is -0.438 e. The van der Waals surface area contributed by atoms with E-state index >= 15 is 0 Å². The predicted molar refractivity (Wildman–Crippen MR) is 70.2 cm³/mol. The standard InChI is InChI=1S/C15H15NO2/c1-10-6-7-13(9-11(10)2)18-15-14(12(3)17)5-4-8-16-15/h4-9H,1-3H3. The Bertz CT molecular complexity index is 591. The Hall–Kier alpha value is -2.16. The molecular weight excluding hydrogens is 226 g/mol. The Morgan fingerprint density at radius 2 is 1.94 bits per heavy atom. The van der Waals surface area contributed by atoms with Gasteiger partial charge in [-0.05, 0) is 56.2 Å². The topological polar surface area (TPSA) is 39.2 Å². The number of carbonyl (C=O) groups excluding carboxylic acids is 1. The van der Waals surface area contributed by atoms with Gasteiger partial charge in [-0.15, -0.1) is 0 Å². The van der Waals surface area contributed by atoms with Gasteiger partial charge in [-0.25, -0.2) is 4.98 Å². The molecule has 0 fully saturated rings. The third-order valence-electron chi connectivity index (χ3n) is 2.84. The van der Waals surface area contributed by atoms with Crippen LogP contribution >= 0.6 is 0 Å². The van der Waals surface area contributed by atoms with Crippen molar-refractivity contribution in [1.29, 1.82) is 0 Å². The molecule has 1 heterocycles. The zero-order chi connectivity index (χ0) is 13.1. The summed E-state index contributed by atoms with van der Waals surface area (Å²) in [5.74, 6) is 0.995. The third-order valence-corrected chi connectivity index (χ3v) is 2.84. The van der Waals surface area contributed by atoms with Crippen molar-refractivity contribution < 1.29 is 9.53 Å². The maximum absolute atomic E-state index is 11.5. The van der Waals surface area contributed by atoms with Crippen molar-refractivity contribution in [3.05, 3.63) is 53.2 Å². The molecule has 0 radical (unpaired) electrons. The molecule has 1 aromatic heterocycles. The average Bonchev–Trinajstić information content (AvgIpc) is 2.34. The molecule has 18 heavy (non-hydrogen) atoms. The molecule has 0 aliphatic carbocycles. The molecule has 0 saturated heterocycles. The molecule has 0 saturated carbocycles. The van der Waals surface area contributed by atoms with Crippen LogP contribution < -0.4 is 4.74 Å². The summed E-state index contributed by atoms with van der Waals surface area (Å²) in [7, 11) is 0. The van der Waals surface area contributed by atoms with Crippen molar-refractivity contribution in [2.75, 3.05) is 0 Å². The summed E-state index contributed by atoms with van der Waals surface area (Å²) in [5, 5.41) is 0. The van der Waals surface area contributed by atoms with Gasteiger partial charge in [0.05, 0.1) is 5.56 Å². The molecule has 0 unspecified atom stereocenters. The summed E-state index contributed by atoms with van der Waals surface area (Å²) < 4.78 is 5.67. The van der Waals surface area contributed by atoms with Gasteiger partial charge in [0, 0.05) is 6.20 Å². The highest BCUT2D eigenvalue weighted by molar-refractivity contribution is 5.96. The van der Waals surface area contributed by atoms with Crippen molar-refractivity contribution in [1.82, 2.24) is 4.98 Å². The Kier molecular flexibility index (Phi) is 3.42. The fraction of sp³-hybridized carbons (Fsp3) is 0.200. The SMILES string of the molecule is CC(=O)c1cccnc1Oc1ccc(C)c(C)c1. The number of pyridine rings is 1. The first-order valence-corrected chi connectivity index (χ1v) is 5.79. The van der Waals surface area contributed by atoms with Crippen LogP contribution in [0.25, 0.3) is 0 Å². The second-order valence-electron chi connectivity index (χ2n) is 4.26. The number of hydrogen-bond acceptors (Lipinski definition) is 3. The number of aromatic nitrogens is 1. The Labute approximate surface area is 106 Å². The van der Waals surface area contributed by atoms with Crippen molar-refractivity contribution in [3.8, 4) is 11.6 Å². The number of Topliss-reactive ketones (excluding diaryl/α,β-unsaturated/α-hetero) is 1. The number of benzene rings is 1. The van der Waals surface area contributed by atoms with Gasteiger partial charge in [-0.1, -0.05) is 6.07 Å². The van der Waals surface area contributed by atoms with Gasteiger partial charge in [0.25, 0.3) is 0 Å². The lowest BCUT2D eigenvalue weighted by Crippen LogP contribution is -1.99. The molecule has 0 amide bonds. The lowest BCUT2D eigenvalue weighted by Gasteiger charge is -2.09. The molecule has 0 aliphatic rings. The zero-order valence-corrected chi connectivity index (χ0v) is 10.7. The number of nitrogens with zero attached hydrogens (tertiary/aromatic N) is 1. The average molecular weight is 241 g/mol. The summed E-state index contributed by atoms with van der Waals surface area (Å²) in [4.78, 5) is 15.6. The van der Waals surface area contributed by atoms with E-state index in [-0.39, 0.29) is 5.78 Å². The smallest absolute Gasteiger partial charge is 0.230 e. The van der Waals surface area contributed by atoms with Crippen molar-refractivity contribution in [3.63, 3.8) is 0 Å². The van der Waals surface area contributed by atoms with Gasteiger partial charge in [0.15, 0.2) is 5.78 Å². The van der Waals surface area contributed by atoms with Crippen molar-refractivity contribution in [2.45, 2.75) is 20.8 Å². The highest BCUT2D eigenvalue weighted by Gasteiger charge is 2.10. The van der Waals surface area contributed by atoms with Crippen LogP contribution in [-0.4, -0.2) is 10.8 Å². The Morgan fingerprint density at radius 1 is 1.17 bits per heavy atom. The van der Waals surface area contributed by atoms with E-state index in [1.54, 1.807) is 18.3 Å². The van der Waals surface area contributed by atoms with Crippen molar-refractivity contribution in [2.24, 2.45) is 0 Å². The molecule has 0 aliphatic heterocycles. The highest BCUT2D eigenvalue weighted by atomic mass is 16.5. The number of rotatable bonds is 3.